The van der Waals surface area contributed by atoms with Gasteiger partial charge >= 0.3 is 0 Å². The number of hydrogen-bond acceptors (Lipinski definition) is 4. The van der Waals surface area contributed by atoms with Crippen molar-refractivity contribution in [3.05, 3.63) is 65.0 Å². The number of aromatic hydroxyl groups is 1. The number of methoxy groups -OCH3 is 1. The van der Waals surface area contributed by atoms with E-state index >= 15 is 0 Å². The Kier molecular flexibility index (Phi) is 6.55. The lowest BCUT2D eigenvalue weighted by Crippen LogP contribution is -2.51. The lowest BCUT2D eigenvalue weighted by Gasteiger charge is -2.43. The van der Waals surface area contributed by atoms with E-state index < -0.39 is 11.6 Å². The molecular formula is C23H28FNO4. The first-order valence-corrected chi connectivity index (χ1v) is 9.80. The van der Waals surface area contributed by atoms with E-state index in [9.17, 15) is 14.3 Å². The van der Waals surface area contributed by atoms with Gasteiger partial charge in [0.15, 0.2) is 0 Å². The first-order chi connectivity index (χ1) is 13.8. The highest BCUT2D eigenvalue weighted by Crippen LogP contribution is 2.45. The lowest BCUT2D eigenvalue weighted by atomic mass is 9.81. The largest absolute Gasteiger partial charge is 0.508 e. The number of hydrogen-bond donors (Lipinski definition) is 2. The Bertz CT molecular complexity index is 854. The number of benzene rings is 2. The van der Waals surface area contributed by atoms with Gasteiger partial charge in [-0.05, 0) is 43.7 Å². The molecule has 1 aliphatic heterocycles. The highest BCUT2D eigenvalue weighted by atomic mass is 19.1. The Morgan fingerprint density at radius 1 is 1.24 bits per heavy atom. The normalized spacial score (nSPS) is 24.3. The van der Waals surface area contributed by atoms with Crippen molar-refractivity contribution in [2.45, 2.75) is 50.9 Å². The molecule has 1 saturated heterocycles. The molecule has 6 heteroatoms. The molecule has 0 spiro atoms. The molecule has 2 aromatic rings. The first kappa shape index (κ1) is 21.3. The average molecular weight is 401 g/mol. The van der Waals surface area contributed by atoms with Gasteiger partial charge in [0.25, 0.3) is 0 Å². The molecule has 1 amide bonds. The van der Waals surface area contributed by atoms with Gasteiger partial charge in [-0.1, -0.05) is 23.8 Å². The summed E-state index contributed by atoms with van der Waals surface area (Å²) < 4.78 is 24.7. The van der Waals surface area contributed by atoms with E-state index in [1.54, 1.807) is 25.3 Å². The number of rotatable bonds is 6. The molecule has 0 aliphatic carbocycles. The highest BCUT2D eigenvalue weighted by Gasteiger charge is 2.41. The van der Waals surface area contributed by atoms with Crippen molar-refractivity contribution < 1.29 is 23.8 Å². The van der Waals surface area contributed by atoms with E-state index in [1.165, 1.54) is 12.1 Å². The van der Waals surface area contributed by atoms with Crippen molar-refractivity contribution in [2.75, 3.05) is 13.7 Å². The summed E-state index contributed by atoms with van der Waals surface area (Å²) >= 11 is 0. The monoisotopic (exact) mass is 401 g/mol. The fourth-order valence-electron chi connectivity index (χ4n) is 3.88. The van der Waals surface area contributed by atoms with E-state index in [0.29, 0.717) is 25.0 Å². The maximum atomic E-state index is 13.4. The molecule has 5 nitrogen and oxygen atoms in total. The van der Waals surface area contributed by atoms with Gasteiger partial charge in [0.1, 0.15) is 11.6 Å². The van der Waals surface area contributed by atoms with Crippen LogP contribution in [0.5, 0.6) is 5.75 Å². The van der Waals surface area contributed by atoms with Gasteiger partial charge in [-0.2, -0.15) is 0 Å². The maximum absolute atomic E-state index is 13.4. The minimum Gasteiger partial charge on any atom is -0.508 e. The van der Waals surface area contributed by atoms with Gasteiger partial charge in [0.05, 0.1) is 18.8 Å². The zero-order valence-electron chi connectivity index (χ0n) is 17.1. The Hall–Kier alpha value is -2.44. The van der Waals surface area contributed by atoms with E-state index in [4.69, 9.17) is 9.47 Å². The third-order valence-electron chi connectivity index (χ3n) is 5.35. The molecule has 156 valence electrons. The number of phenols is 1. The van der Waals surface area contributed by atoms with Crippen molar-refractivity contribution in [1.82, 2.24) is 5.32 Å². The number of carbonyl (C=O) groups is 1. The SMILES string of the molecule is COCCC(=O)N[C@@]1(C)C[C@@H](c2ccc(F)cc2)O[C@@H](c2cc(C)ccc2O)C1. The minimum absolute atomic E-state index is 0.0960. The van der Waals surface area contributed by atoms with Crippen molar-refractivity contribution in [1.29, 1.82) is 0 Å². The molecule has 1 fully saturated rings. The number of halogens is 1. The summed E-state index contributed by atoms with van der Waals surface area (Å²) in [6.45, 7) is 4.29. The molecule has 0 bridgehead atoms. The van der Waals surface area contributed by atoms with Crippen LogP contribution < -0.4 is 5.32 Å². The van der Waals surface area contributed by atoms with Crippen molar-refractivity contribution in [3.8, 4) is 5.75 Å². The van der Waals surface area contributed by atoms with Crippen LogP contribution in [0.25, 0.3) is 0 Å². The minimum atomic E-state index is -0.553. The van der Waals surface area contributed by atoms with Gasteiger partial charge in [0, 0.05) is 37.5 Å². The molecule has 0 saturated carbocycles. The molecule has 0 aromatic heterocycles. The van der Waals surface area contributed by atoms with Gasteiger partial charge in [-0.25, -0.2) is 4.39 Å². The van der Waals surface area contributed by atoms with Gasteiger partial charge in [-0.15, -0.1) is 0 Å². The number of aryl methyl sites for hydroxylation is 1. The second-order valence-corrected chi connectivity index (χ2v) is 7.99. The number of carbonyl (C=O) groups excluding carboxylic acids is 1. The van der Waals surface area contributed by atoms with Gasteiger partial charge in [0.2, 0.25) is 5.91 Å². The first-order valence-electron chi connectivity index (χ1n) is 9.80. The van der Waals surface area contributed by atoms with Crippen molar-refractivity contribution in [2.24, 2.45) is 0 Å². The van der Waals surface area contributed by atoms with E-state index in [-0.39, 0.29) is 30.0 Å². The molecule has 0 radical (unpaired) electrons. The van der Waals surface area contributed by atoms with Crippen LogP contribution in [0.4, 0.5) is 4.39 Å². The second-order valence-electron chi connectivity index (χ2n) is 7.99. The molecule has 2 N–H and O–H groups in total. The smallest absolute Gasteiger partial charge is 0.222 e. The Labute approximate surface area is 170 Å². The molecule has 3 rings (SSSR count). The van der Waals surface area contributed by atoms with E-state index in [0.717, 1.165) is 11.1 Å². The molecule has 1 aliphatic rings. The second kappa shape index (κ2) is 8.93. The van der Waals surface area contributed by atoms with Gasteiger partial charge < -0.3 is 19.9 Å². The predicted octanol–water partition coefficient (Wildman–Crippen LogP) is 4.34. The summed E-state index contributed by atoms with van der Waals surface area (Å²) in [5.41, 5.74) is 1.98. The fraction of sp³-hybridized carbons (Fsp3) is 0.435. The standard InChI is InChI=1S/C23H28FNO4/c1-15-4-9-19(26)18(12-15)21-14-23(2,25-22(27)10-11-28-3)13-20(29-21)16-5-7-17(24)8-6-16/h4-9,12,20-21,26H,10-11,13-14H2,1-3H3,(H,25,27)/t20-,21+,23-/m0/s1. The zero-order valence-corrected chi connectivity index (χ0v) is 17.1. The van der Waals surface area contributed by atoms with E-state index in [2.05, 4.69) is 5.32 Å². The zero-order chi connectivity index (χ0) is 21.0. The van der Waals surface area contributed by atoms with Crippen LogP contribution in [0.1, 0.15) is 55.1 Å². The van der Waals surface area contributed by atoms with Crippen LogP contribution in [-0.4, -0.2) is 30.3 Å². The van der Waals surface area contributed by atoms with Crippen molar-refractivity contribution in [3.63, 3.8) is 0 Å². The molecule has 1 heterocycles. The number of phenolic OH excluding ortho intramolecular Hbond substituents is 1. The number of nitrogens with one attached hydrogen (secondary N) is 1. The fourth-order valence-corrected chi connectivity index (χ4v) is 3.88. The lowest BCUT2D eigenvalue weighted by molar-refractivity contribution is -0.129. The third-order valence-corrected chi connectivity index (χ3v) is 5.35. The number of amides is 1. The Morgan fingerprint density at radius 3 is 2.62 bits per heavy atom. The highest BCUT2D eigenvalue weighted by molar-refractivity contribution is 5.76. The van der Waals surface area contributed by atoms with Crippen LogP contribution in [0, 0.1) is 12.7 Å². The topological polar surface area (TPSA) is 67.8 Å². The van der Waals surface area contributed by atoms with Crippen LogP contribution in [0.2, 0.25) is 0 Å². The molecule has 29 heavy (non-hydrogen) atoms. The molecule has 3 atom stereocenters. The predicted molar refractivity (Wildman–Crippen MR) is 108 cm³/mol. The summed E-state index contributed by atoms with van der Waals surface area (Å²) in [5, 5.41) is 13.5. The van der Waals surface area contributed by atoms with Crippen LogP contribution >= 0.6 is 0 Å². The molecule has 2 aromatic carbocycles. The summed E-state index contributed by atoms with van der Waals surface area (Å²) in [6.07, 6.45) is 0.573. The van der Waals surface area contributed by atoms with Crippen molar-refractivity contribution >= 4 is 5.91 Å². The molecular weight excluding hydrogens is 373 g/mol. The molecule has 0 unspecified atom stereocenters. The summed E-state index contributed by atoms with van der Waals surface area (Å²) in [7, 11) is 1.56. The van der Waals surface area contributed by atoms with Crippen LogP contribution in [0.3, 0.4) is 0 Å². The van der Waals surface area contributed by atoms with E-state index in [1.807, 2.05) is 26.0 Å². The average Bonchev–Trinajstić information content (AvgIpc) is 2.68. The van der Waals surface area contributed by atoms with Gasteiger partial charge in [-0.3, -0.25) is 4.79 Å². The number of ether oxygens (including phenoxy) is 2. The summed E-state index contributed by atoms with van der Waals surface area (Å²) in [5.74, 6) is -0.247. The van der Waals surface area contributed by atoms with Crippen LogP contribution in [-0.2, 0) is 14.3 Å². The summed E-state index contributed by atoms with van der Waals surface area (Å²) in [4.78, 5) is 12.4. The summed E-state index contributed by atoms with van der Waals surface area (Å²) in [6, 6.07) is 11.6. The third kappa shape index (κ3) is 5.34. The quantitative estimate of drug-likeness (QED) is 0.755. The maximum Gasteiger partial charge on any atom is 0.222 e. The van der Waals surface area contributed by atoms with Crippen LogP contribution in [0.15, 0.2) is 42.5 Å². The Balaban J connectivity index is 1.91. The Morgan fingerprint density at radius 2 is 1.93 bits per heavy atom.